The number of thiocarbonyl (C=S) groups is 1. The molecule has 0 saturated carbocycles. The third-order valence-corrected chi connectivity index (χ3v) is 6.59. The summed E-state index contributed by atoms with van der Waals surface area (Å²) >= 11 is 6.66. The summed E-state index contributed by atoms with van der Waals surface area (Å²) in [6, 6.07) is 13.1. The molecule has 0 aliphatic carbocycles. The molecule has 1 saturated heterocycles. The number of fused-ring (bicyclic) bond motifs is 1. The van der Waals surface area contributed by atoms with Crippen molar-refractivity contribution >= 4 is 51.7 Å². The van der Waals surface area contributed by atoms with E-state index in [-0.39, 0.29) is 36.2 Å². The van der Waals surface area contributed by atoms with Gasteiger partial charge in [0.05, 0.1) is 23.1 Å². The van der Waals surface area contributed by atoms with Crippen molar-refractivity contribution in [3.63, 3.8) is 0 Å². The summed E-state index contributed by atoms with van der Waals surface area (Å²) in [4.78, 5) is 33.1. The lowest BCUT2D eigenvalue weighted by atomic mass is 10.1. The fourth-order valence-corrected chi connectivity index (χ4v) is 4.98. The van der Waals surface area contributed by atoms with Crippen LogP contribution >= 0.6 is 24.0 Å². The minimum absolute atomic E-state index is 0.120. The van der Waals surface area contributed by atoms with E-state index in [9.17, 15) is 14.7 Å². The molecule has 1 fully saturated rings. The van der Waals surface area contributed by atoms with Gasteiger partial charge < -0.3 is 10.4 Å². The third kappa shape index (κ3) is 4.06. The van der Waals surface area contributed by atoms with Gasteiger partial charge in [0.15, 0.2) is 0 Å². The smallest absolute Gasteiger partial charge is 0.267 e. The highest BCUT2D eigenvalue weighted by Crippen LogP contribution is 2.38. The standard InChI is InChI=1S/C23H22N4O3S2/c1-14-7-6-11-26-20(14)25-19(24-10-12-28)17(21(26)29)13-18-22(30)27(23(31)32-18)15(2)16-8-4-3-5-9-16/h3-9,11,13,15,24,28H,10,12H2,1-2H3/b18-13+/t15-/m1/s1. The molecule has 1 aliphatic rings. The van der Waals surface area contributed by atoms with Crippen LogP contribution in [-0.2, 0) is 4.79 Å². The molecule has 3 aromatic rings. The number of aryl methyl sites for hydroxylation is 1. The van der Waals surface area contributed by atoms with Gasteiger partial charge >= 0.3 is 0 Å². The lowest BCUT2D eigenvalue weighted by molar-refractivity contribution is -0.123. The van der Waals surface area contributed by atoms with Gasteiger partial charge in [0.25, 0.3) is 11.5 Å². The molecule has 3 heterocycles. The molecule has 1 aliphatic heterocycles. The van der Waals surface area contributed by atoms with Crippen molar-refractivity contribution in [2.45, 2.75) is 19.9 Å². The summed E-state index contributed by atoms with van der Waals surface area (Å²) in [5, 5.41) is 12.2. The molecule has 0 spiro atoms. The minimum Gasteiger partial charge on any atom is -0.395 e. The Morgan fingerprint density at radius 3 is 2.69 bits per heavy atom. The number of pyridine rings is 1. The highest BCUT2D eigenvalue weighted by atomic mass is 32.2. The Bertz CT molecular complexity index is 1290. The fourth-order valence-electron chi connectivity index (χ4n) is 3.58. The van der Waals surface area contributed by atoms with Crippen LogP contribution in [0, 0.1) is 6.92 Å². The van der Waals surface area contributed by atoms with Crippen LogP contribution in [0.3, 0.4) is 0 Å². The number of rotatable bonds is 6. The van der Waals surface area contributed by atoms with Crippen molar-refractivity contribution in [1.29, 1.82) is 0 Å². The van der Waals surface area contributed by atoms with Gasteiger partial charge in [-0.2, -0.15) is 0 Å². The Kier molecular flexibility index (Phi) is 6.40. The molecule has 1 amide bonds. The molecular weight excluding hydrogens is 444 g/mol. The maximum absolute atomic E-state index is 13.3. The Morgan fingerprint density at radius 2 is 1.97 bits per heavy atom. The summed E-state index contributed by atoms with van der Waals surface area (Å²) in [5.74, 6) is 0.0675. The fraction of sp³-hybridized carbons (Fsp3) is 0.217. The van der Waals surface area contributed by atoms with Crippen molar-refractivity contribution in [1.82, 2.24) is 14.3 Å². The number of nitrogens with zero attached hydrogens (tertiary/aromatic N) is 3. The lowest BCUT2D eigenvalue weighted by Crippen LogP contribution is -2.31. The number of hydrogen-bond donors (Lipinski definition) is 2. The zero-order valence-corrected chi connectivity index (χ0v) is 19.2. The quantitative estimate of drug-likeness (QED) is 0.425. The molecule has 1 atom stereocenters. The van der Waals surface area contributed by atoms with Crippen LogP contribution in [0.15, 0.2) is 58.4 Å². The summed E-state index contributed by atoms with van der Waals surface area (Å²) in [6.45, 7) is 3.90. The average Bonchev–Trinajstić information content (AvgIpc) is 3.08. The van der Waals surface area contributed by atoms with Gasteiger partial charge in [-0.3, -0.25) is 18.9 Å². The van der Waals surface area contributed by atoms with E-state index in [4.69, 9.17) is 12.2 Å². The van der Waals surface area contributed by atoms with Crippen LogP contribution in [0.2, 0.25) is 0 Å². The van der Waals surface area contributed by atoms with E-state index < -0.39 is 0 Å². The van der Waals surface area contributed by atoms with Crippen LogP contribution in [0.1, 0.15) is 29.7 Å². The molecule has 0 radical (unpaired) electrons. The molecule has 32 heavy (non-hydrogen) atoms. The second kappa shape index (κ2) is 9.23. The van der Waals surface area contributed by atoms with Gasteiger partial charge in [-0.15, -0.1) is 0 Å². The number of nitrogens with one attached hydrogen (secondary N) is 1. The van der Waals surface area contributed by atoms with Crippen molar-refractivity contribution in [3.8, 4) is 0 Å². The number of anilines is 1. The van der Waals surface area contributed by atoms with Crippen LogP contribution in [0.4, 0.5) is 5.82 Å². The third-order valence-electron chi connectivity index (χ3n) is 5.26. The summed E-state index contributed by atoms with van der Waals surface area (Å²) in [7, 11) is 0. The second-order valence-electron chi connectivity index (χ2n) is 7.35. The Morgan fingerprint density at radius 1 is 1.22 bits per heavy atom. The number of carbonyl (C=O) groups excluding carboxylic acids is 1. The predicted molar refractivity (Wildman–Crippen MR) is 132 cm³/mol. The lowest BCUT2D eigenvalue weighted by Gasteiger charge is -2.23. The van der Waals surface area contributed by atoms with E-state index in [1.54, 1.807) is 23.2 Å². The van der Waals surface area contributed by atoms with E-state index in [0.717, 1.165) is 11.1 Å². The van der Waals surface area contributed by atoms with Crippen molar-refractivity contribution in [3.05, 3.63) is 80.6 Å². The average molecular weight is 467 g/mol. The van der Waals surface area contributed by atoms with Crippen molar-refractivity contribution < 1.29 is 9.90 Å². The Labute approximate surface area is 194 Å². The monoisotopic (exact) mass is 466 g/mol. The molecule has 164 valence electrons. The minimum atomic E-state index is -0.305. The molecule has 4 rings (SSSR count). The highest BCUT2D eigenvalue weighted by Gasteiger charge is 2.36. The maximum atomic E-state index is 13.3. The number of aliphatic hydroxyl groups is 1. The number of thioether (sulfide) groups is 1. The first kappa shape index (κ1) is 22.2. The van der Waals surface area contributed by atoms with Crippen LogP contribution in [0.25, 0.3) is 11.7 Å². The van der Waals surface area contributed by atoms with Crippen molar-refractivity contribution in [2.75, 3.05) is 18.5 Å². The largest absolute Gasteiger partial charge is 0.395 e. The Balaban J connectivity index is 1.78. The van der Waals surface area contributed by atoms with E-state index in [1.165, 1.54) is 16.2 Å². The van der Waals surface area contributed by atoms with Gasteiger partial charge in [0, 0.05) is 12.7 Å². The molecule has 9 heteroatoms. The SMILES string of the molecule is Cc1cccn2c(=O)c(/C=C3/SC(=S)N([C@H](C)c4ccccc4)C3=O)c(NCCO)nc12. The predicted octanol–water partition coefficient (Wildman–Crippen LogP) is 3.37. The first-order chi connectivity index (χ1) is 15.4. The van der Waals surface area contributed by atoms with Gasteiger partial charge in [-0.1, -0.05) is 60.4 Å². The van der Waals surface area contributed by atoms with Crippen LogP contribution < -0.4 is 10.9 Å². The normalized spacial score (nSPS) is 16.2. The number of aromatic nitrogens is 2. The number of carbonyl (C=O) groups is 1. The summed E-state index contributed by atoms with van der Waals surface area (Å²) in [6.07, 6.45) is 3.19. The molecular formula is C23H22N4O3S2. The first-order valence-electron chi connectivity index (χ1n) is 10.1. The topological polar surface area (TPSA) is 86.9 Å². The number of hydrogen-bond acceptors (Lipinski definition) is 7. The molecule has 0 unspecified atom stereocenters. The van der Waals surface area contributed by atoms with E-state index in [0.29, 0.717) is 20.7 Å². The summed E-state index contributed by atoms with van der Waals surface area (Å²) < 4.78 is 1.89. The second-order valence-corrected chi connectivity index (χ2v) is 9.03. The maximum Gasteiger partial charge on any atom is 0.267 e. The number of benzene rings is 1. The van der Waals surface area contributed by atoms with Crippen LogP contribution in [-0.4, -0.2) is 42.8 Å². The molecule has 2 aromatic heterocycles. The zero-order valence-electron chi connectivity index (χ0n) is 17.6. The highest BCUT2D eigenvalue weighted by molar-refractivity contribution is 8.26. The number of amides is 1. The molecule has 0 bridgehead atoms. The molecule has 7 nitrogen and oxygen atoms in total. The number of aliphatic hydroxyl groups excluding tert-OH is 1. The van der Waals surface area contributed by atoms with Gasteiger partial charge in [-0.25, -0.2) is 4.98 Å². The van der Waals surface area contributed by atoms with Gasteiger partial charge in [0.1, 0.15) is 15.8 Å². The van der Waals surface area contributed by atoms with Gasteiger partial charge in [0.2, 0.25) is 0 Å². The molecule has 1 aromatic carbocycles. The van der Waals surface area contributed by atoms with Gasteiger partial charge in [-0.05, 0) is 37.1 Å². The summed E-state index contributed by atoms with van der Waals surface area (Å²) in [5.41, 5.74) is 2.26. The Hall–Kier alpha value is -3.01. The first-order valence-corrected chi connectivity index (χ1v) is 11.3. The van der Waals surface area contributed by atoms with E-state index >= 15 is 0 Å². The zero-order chi connectivity index (χ0) is 22.8. The van der Waals surface area contributed by atoms with E-state index in [2.05, 4.69) is 10.3 Å². The molecule has 2 N–H and O–H groups in total. The van der Waals surface area contributed by atoms with Crippen LogP contribution in [0.5, 0.6) is 0 Å². The van der Waals surface area contributed by atoms with E-state index in [1.807, 2.05) is 50.2 Å². The van der Waals surface area contributed by atoms with Crippen molar-refractivity contribution in [2.24, 2.45) is 0 Å².